The lowest BCUT2D eigenvalue weighted by Gasteiger charge is -2.27. The second-order valence-corrected chi connectivity index (χ2v) is 18.6. The molecule has 1 aliphatic heterocycles. The van der Waals surface area contributed by atoms with Crippen LogP contribution in [0.3, 0.4) is 0 Å². The van der Waals surface area contributed by atoms with Crippen LogP contribution in [-0.4, -0.2) is 16.2 Å². The average Bonchev–Trinajstić information content (AvgIpc) is 4.02. The Kier molecular flexibility index (Phi) is 9.41. The van der Waals surface area contributed by atoms with Crippen LogP contribution in [0.1, 0.15) is 46.3 Å². The van der Waals surface area contributed by atoms with Crippen LogP contribution in [0.25, 0.3) is 106 Å². The molecule has 3 aliphatic rings. The van der Waals surface area contributed by atoms with Gasteiger partial charge in [0.1, 0.15) is 22.3 Å². The molecule has 0 fully saturated rings. The van der Waals surface area contributed by atoms with Gasteiger partial charge in [0.05, 0.1) is 17.4 Å². The van der Waals surface area contributed by atoms with Crippen molar-refractivity contribution in [2.24, 2.45) is 10.9 Å². The first-order valence-electron chi connectivity index (χ1n) is 24.1. The Morgan fingerprint density at radius 2 is 1.13 bits per heavy atom. The summed E-state index contributed by atoms with van der Waals surface area (Å²) in [4.78, 5) is 15.6. The quantitative estimate of drug-likeness (QED) is 0.160. The van der Waals surface area contributed by atoms with Gasteiger partial charge in [0.15, 0.2) is 5.82 Å². The van der Waals surface area contributed by atoms with Gasteiger partial charge in [-0.3, -0.25) is 4.99 Å². The van der Waals surface area contributed by atoms with Crippen molar-refractivity contribution in [3.8, 4) is 44.9 Å². The molecule has 2 aliphatic carbocycles. The number of rotatable bonds is 7. The average molecular weight is 898 g/mol. The van der Waals surface area contributed by atoms with Crippen LogP contribution in [0.2, 0.25) is 0 Å². The van der Waals surface area contributed by atoms with Crippen LogP contribution in [0.5, 0.6) is 0 Å². The molecule has 70 heavy (non-hydrogen) atoms. The molecule has 3 unspecified atom stereocenters. The number of dihydropyridines is 1. The first kappa shape index (κ1) is 40.2. The van der Waals surface area contributed by atoms with Crippen molar-refractivity contribution in [1.82, 2.24) is 9.97 Å². The zero-order chi connectivity index (χ0) is 46.1. The van der Waals surface area contributed by atoms with Gasteiger partial charge in [-0.2, -0.15) is 0 Å². The van der Waals surface area contributed by atoms with E-state index in [2.05, 4.69) is 188 Å². The lowest BCUT2D eigenvalue weighted by molar-refractivity contribution is 0.612. The third-order valence-electron chi connectivity index (χ3n) is 14.4. The van der Waals surface area contributed by atoms with Gasteiger partial charge < -0.3 is 8.83 Å². The molecule has 8 aromatic carbocycles. The van der Waals surface area contributed by atoms with E-state index in [1.54, 1.807) is 0 Å². The number of furan rings is 2. The Morgan fingerprint density at radius 1 is 0.486 bits per heavy atom. The van der Waals surface area contributed by atoms with Crippen molar-refractivity contribution in [2.45, 2.75) is 18.4 Å². The molecule has 5 nitrogen and oxygen atoms in total. The Bertz CT molecular complexity index is 4070. The normalized spacial score (nSPS) is 17.2. The molecule has 5 heteroatoms. The lowest BCUT2D eigenvalue weighted by Crippen LogP contribution is -2.14. The molecule has 4 heterocycles. The highest BCUT2D eigenvalue weighted by Crippen LogP contribution is 2.45. The minimum atomic E-state index is 0.0237. The molecule has 3 atom stereocenters. The number of benzene rings is 8. The smallest absolute Gasteiger partial charge is 0.160 e. The molecular weight excluding hydrogens is 855 g/mol. The standard InChI is InChI=1S/C65H43N3O2/c1-2-13-42(14-3-1)65-67-58(47-31-29-40-28-30-41-19-12-32-66-62(41)57(40)38-47)39-59(68-65)50-36-48(43-15-8-17-45(33-43)51-22-10-24-55-53-20-4-6-26-60(53)69-63(51)55)35-49(37-50)44-16-9-18-46(34-44)52-23-11-25-56-54-21-5-7-27-61(54)70-64(52)56/h1-34,36-39,41,48,62H,35H2. The molecule has 330 valence electrons. The van der Waals surface area contributed by atoms with Gasteiger partial charge in [0, 0.05) is 61.8 Å². The van der Waals surface area contributed by atoms with Crippen LogP contribution in [0, 0.1) is 5.92 Å². The summed E-state index contributed by atoms with van der Waals surface area (Å²) in [5.74, 6) is 0.939. The summed E-state index contributed by atoms with van der Waals surface area (Å²) >= 11 is 0. The molecule has 0 N–H and O–H groups in total. The second kappa shape index (κ2) is 16.4. The van der Waals surface area contributed by atoms with Gasteiger partial charge in [0.2, 0.25) is 0 Å². The van der Waals surface area contributed by atoms with Crippen molar-refractivity contribution >= 4 is 67.3 Å². The van der Waals surface area contributed by atoms with E-state index in [4.69, 9.17) is 23.8 Å². The molecule has 0 amide bonds. The molecular formula is C65H43N3O2. The van der Waals surface area contributed by atoms with Gasteiger partial charge >= 0.3 is 0 Å². The molecule has 14 rings (SSSR count). The maximum Gasteiger partial charge on any atom is 0.160 e. The van der Waals surface area contributed by atoms with Gasteiger partial charge in [0.25, 0.3) is 0 Å². The highest BCUT2D eigenvalue weighted by Gasteiger charge is 2.27. The molecule has 3 aromatic heterocycles. The second-order valence-electron chi connectivity index (χ2n) is 18.6. The summed E-state index contributed by atoms with van der Waals surface area (Å²) in [5.41, 5.74) is 18.7. The van der Waals surface area contributed by atoms with Crippen molar-refractivity contribution < 1.29 is 8.83 Å². The van der Waals surface area contributed by atoms with Gasteiger partial charge in [-0.05, 0) is 93.4 Å². The fourth-order valence-corrected chi connectivity index (χ4v) is 11.0. The molecule has 0 spiro atoms. The number of para-hydroxylation sites is 4. The summed E-state index contributed by atoms with van der Waals surface area (Å²) in [7, 11) is 0. The zero-order valence-corrected chi connectivity index (χ0v) is 38.0. The van der Waals surface area contributed by atoms with E-state index >= 15 is 0 Å². The number of hydrogen-bond acceptors (Lipinski definition) is 5. The highest BCUT2D eigenvalue weighted by atomic mass is 16.3. The topological polar surface area (TPSA) is 64.4 Å². The molecule has 11 aromatic rings. The largest absolute Gasteiger partial charge is 0.455 e. The Labute approximate surface area is 404 Å². The third kappa shape index (κ3) is 6.89. The van der Waals surface area contributed by atoms with Crippen molar-refractivity contribution in [3.05, 3.63) is 246 Å². The van der Waals surface area contributed by atoms with Crippen LogP contribution in [0.15, 0.2) is 232 Å². The van der Waals surface area contributed by atoms with Crippen molar-refractivity contribution in [3.63, 3.8) is 0 Å². The van der Waals surface area contributed by atoms with Crippen molar-refractivity contribution in [1.29, 1.82) is 0 Å². The number of nitrogens with zero attached hydrogens (tertiary/aromatic N) is 3. The minimum Gasteiger partial charge on any atom is -0.455 e. The monoisotopic (exact) mass is 897 g/mol. The fraction of sp³-hybridized carbons (Fsp3) is 0.0615. The molecule has 0 radical (unpaired) electrons. The maximum absolute atomic E-state index is 6.56. The minimum absolute atomic E-state index is 0.0237. The van der Waals surface area contributed by atoms with E-state index < -0.39 is 0 Å². The van der Waals surface area contributed by atoms with Gasteiger partial charge in [-0.1, -0.05) is 182 Å². The summed E-state index contributed by atoms with van der Waals surface area (Å²) in [5, 5.41) is 4.48. The Balaban J connectivity index is 0.928. The number of aliphatic imine (C=N–C) groups is 1. The van der Waals surface area contributed by atoms with Crippen LogP contribution in [-0.2, 0) is 0 Å². The summed E-state index contributed by atoms with van der Waals surface area (Å²) in [6, 6.07) is 66.7. The lowest BCUT2D eigenvalue weighted by atomic mass is 9.81. The molecule has 0 saturated carbocycles. The number of fused-ring (bicyclic) bond motifs is 9. The van der Waals surface area contributed by atoms with Crippen molar-refractivity contribution in [2.75, 3.05) is 0 Å². The maximum atomic E-state index is 6.56. The van der Waals surface area contributed by atoms with E-state index in [9.17, 15) is 0 Å². The Morgan fingerprint density at radius 3 is 1.90 bits per heavy atom. The zero-order valence-electron chi connectivity index (χ0n) is 38.0. The van der Waals surface area contributed by atoms with Crippen LogP contribution >= 0.6 is 0 Å². The number of hydrogen-bond donors (Lipinski definition) is 0. The fourth-order valence-electron chi connectivity index (χ4n) is 11.0. The first-order valence-corrected chi connectivity index (χ1v) is 24.1. The third-order valence-corrected chi connectivity index (χ3v) is 14.4. The summed E-state index contributed by atoms with van der Waals surface area (Å²) < 4.78 is 13.1. The SMILES string of the molecule is C1=CC2C=Cc3ccc(-c4cc(C5=CC(c6cccc(-c7cccc8c7oc7ccccc78)c6)CC(c6cccc(-c7cccc8c7oc7ccccc78)c6)=C5)nc(-c5ccccc5)n4)cc3C2N=C1. The summed E-state index contributed by atoms with van der Waals surface area (Å²) in [6.45, 7) is 0. The van der Waals surface area contributed by atoms with E-state index in [0.29, 0.717) is 5.82 Å². The molecule has 0 saturated heterocycles. The Hall–Kier alpha value is -8.93. The summed E-state index contributed by atoms with van der Waals surface area (Å²) in [6.07, 6.45) is 16.2. The van der Waals surface area contributed by atoms with Gasteiger partial charge in [-0.25, -0.2) is 9.97 Å². The predicted octanol–water partition coefficient (Wildman–Crippen LogP) is 16.9. The van der Waals surface area contributed by atoms with Crippen LogP contribution < -0.4 is 0 Å². The van der Waals surface area contributed by atoms with E-state index in [1.165, 1.54) is 22.3 Å². The van der Waals surface area contributed by atoms with Gasteiger partial charge in [-0.15, -0.1) is 0 Å². The van der Waals surface area contributed by atoms with E-state index in [1.807, 2.05) is 42.6 Å². The van der Waals surface area contributed by atoms with E-state index in [0.717, 1.165) is 106 Å². The molecule has 0 bridgehead atoms. The number of allylic oxidation sites excluding steroid dienone is 5. The number of aromatic nitrogens is 2. The highest BCUT2D eigenvalue weighted by molar-refractivity contribution is 6.10. The first-order chi connectivity index (χ1) is 34.6. The van der Waals surface area contributed by atoms with E-state index in [-0.39, 0.29) is 17.9 Å². The van der Waals surface area contributed by atoms with Crippen LogP contribution in [0.4, 0.5) is 0 Å². The predicted molar refractivity (Wildman–Crippen MR) is 287 cm³/mol.